The second-order valence-corrected chi connectivity index (χ2v) is 12.6. The van der Waals surface area contributed by atoms with Crippen molar-refractivity contribution in [2.24, 2.45) is 5.41 Å². The van der Waals surface area contributed by atoms with Gasteiger partial charge in [-0.2, -0.15) is 23.1 Å². The number of ether oxygens (including phenoxy) is 1. The van der Waals surface area contributed by atoms with Crippen LogP contribution < -0.4 is 20.7 Å². The highest BCUT2D eigenvalue weighted by molar-refractivity contribution is 6.30. The molecule has 3 fully saturated rings. The predicted octanol–water partition coefficient (Wildman–Crippen LogP) is 6.75. The van der Waals surface area contributed by atoms with Gasteiger partial charge in [0.25, 0.3) is 0 Å². The number of piperidine rings is 1. The van der Waals surface area contributed by atoms with Crippen molar-refractivity contribution >= 4 is 29.3 Å². The minimum Gasteiger partial charge on any atom is -0.480 e. The Morgan fingerprint density at radius 1 is 1.18 bits per heavy atom. The van der Waals surface area contributed by atoms with Crippen molar-refractivity contribution in [2.45, 2.75) is 75.7 Å². The van der Waals surface area contributed by atoms with E-state index in [4.69, 9.17) is 22.1 Å². The molecule has 2 saturated heterocycles. The van der Waals surface area contributed by atoms with Crippen molar-refractivity contribution < 1.29 is 27.8 Å². The molecule has 234 valence electrons. The fourth-order valence-electron chi connectivity index (χ4n) is 6.93. The Balaban J connectivity index is 1.27. The number of benzene rings is 2. The van der Waals surface area contributed by atoms with Crippen LogP contribution in [0, 0.1) is 5.41 Å². The number of nitrogens with two attached hydrogens (primary N) is 1. The molecular weight excluding hydrogens is 595 g/mol. The number of aromatic nitrogens is 2. The third kappa shape index (κ3) is 6.17. The lowest BCUT2D eigenvalue weighted by molar-refractivity contribution is -0.198. The van der Waals surface area contributed by atoms with Crippen LogP contribution in [-0.2, 0) is 4.79 Å². The molecule has 1 spiro atoms. The number of nitrogens with one attached hydrogen (secondary N) is 1. The lowest BCUT2D eigenvalue weighted by Gasteiger charge is -2.43. The van der Waals surface area contributed by atoms with Crippen LogP contribution in [0.25, 0.3) is 11.1 Å². The van der Waals surface area contributed by atoms with E-state index in [2.05, 4.69) is 15.3 Å². The van der Waals surface area contributed by atoms with E-state index in [0.717, 1.165) is 24.8 Å². The maximum absolute atomic E-state index is 14.7. The Hall–Kier alpha value is -3.57. The molecule has 3 heterocycles. The average molecular weight is 630 g/mol. The van der Waals surface area contributed by atoms with Gasteiger partial charge in [-0.1, -0.05) is 48.9 Å². The summed E-state index contributed by atoms with van der Waals surface area (Å²) in [6.07, 6.45) is -2.23. The van der Waals surface area contributed by atoms with Crippen LogP contribution in [-0.4, -0.2) is 52.4 Å². The topological polar surface area (TPSA) is 114 Å². The molecule has 3 aliphatic rings. The molecule has 6 rings (SSSR count). The van der Waals surface area contributed by atoms with Crippen molar-refractivity contribution in [3.8, 4) is 17.0 Å². The second kappa shape index (κ2) is 11.7. The van der Waals surface area contributed by atoms with Crippen LogP contribution in [0.3, 0.4) is 0 Å². The maximum Gasteiger partial charge on any atom is 0.429 e. The molecule has 2 aliphatic heterocycles. The number of carboxylic acids is 1. The van der Waals surface area contributed by atoms with E-state index in [1.54, 1.807) is 6.07 Å². The van der Waals surface area contributed by atoms with E-state index in [1.165, 1.54) is 24.3 Å². The third-order valence-corrected chi connectivity index (χ3v) is 9.56. The molecule has 1 saturated carbocycles. The summed E-state index contributed by atoms with van der Waals surface area (Å²) in [5.41, 5.74) is 7.79. The van der Waals surface area contributed by atoms with E-state index in [0.29, 0.717) is 60.2 Å². The molecule has 8 nitrogen and oxygen atoms in total. The summed E-state index contributed by atoms with van der Waals surface area (Å²) in [7, 11) is 0. The Morgan fingerprint density at radius 2 is 1.93 bits per heavy atom. The second-order valence-electron chi connectivity index (χ2n) is 12.2. The highest BCUT2D eigenvalue weighted by Crippen LogP contribution is 2.47. The average Bonchev–Trinajstić information content (AvgIpc) is 3.78. The largest absolute Gasteiger partial charge is 0.480 e. The number of anilines is 2. The molecule has 1 aliphatic carbocycles. The third-order valence-electron chi connectivity index (χ3n) is 9.33. The van der Waals surface area contributed by atoms with Gasteiger partial charge in [0.1, 0.15) is 11.9 Å². The Bertz CT molecular complexity index is 1540. The molecule has 3 atom stereocenters. The first-order valence-corrected chi connectivity index (χ1v) is 15.3. The Kier molecular flexibility index (Phi) is 8.13. The minimum absolute atomic E-state index is 0.0752. The van der Waals surface area contributed by atoms with E-state index in [-0.39, 0.29) is 28.8 Å². The summed E-state index contributed by atoms with van der Waals surface area (Å²) in [5.74, 6) is -0.553. The standard InChI is InChI=1S/C32H35ClF3N5O3/c1-2-25-31(17-24(38-25)29(42)43)10-12-41(13-11-31)26-16-27(40-30(37)39-26)44-28(32(34,35)36)22-9-8-21(33)15-23(22)20-5-3-4-19(14-20)18-6-7-18/h3-5,8-9,14-16,18,24-25,28,38H,2,6-7,10-13,17H2,1H3,(H,42,43)(H2,37,39,40)/t24?,25?,28-/m1/s1. The molecule has 0 radical (unpaired) electrons. The van der Waals surface area contributed by atoms with Crippen molar-refractivity contribution in [2.75, 3.05) is 23.7 Å². The van der Waals surface area contributed by atoms with E-state index >= 15 is 0 Å². The number of hydrogen-bond donors (Lipinski definition) is 3. The molecular formula is C32H35ClF3N5O3. The molecule has 2 unspecified atom stereocenters. The van der Waals surface area contributed by atoms with Crippen LogP contribution in [0.1, 0.15) is 68.6 Å². The normalized spacial score (nSPS) is 22.2. The quantitative estimate of drug-likeness (QED) is 0.251. The van der Waals surface area contributed by atoms with Crippen molar-refractivity contribution in [1.82, 2.24) is 15.3 Å². The molecule has 44 heavy (non-hydrogen) atoms. The van der Waals surface area contributed by atoms with Gasteiger partial charge in [-0.3, -0.25) is 4.79 Å². The van der Waals surface area contributed by atoms with Crippen molar-refractivity contribution in [3.05, 3.63) is 64.7 Å². The van der Waals surface area contributed by atoms with Gasteiger partial charge in [-0.25, -0.2) is 0 Å². The molecule has 0 bridgehead atoms. The fourth-order valence-corrected chi connectivity index (χ4v) is 7.11. The molecule has 0 amide bonds. The molecule has 1 aromatic heterocycles. The van der Waals surface area contributed by atoms with Crippen LogP contribution in [0.2, 0.25) is 5.02 Å². The predicted molar refractivity (Wildman–Crippen MR) is 162 cm³/mol. The number of nitrogen functional groups attached to an aromatic ring is 1. The van der Waals surface area contributed by atoms with Crippen molar-refractivity contribution in [3.63, 3.8) is 0 Å². The van der Waals surface area contributed by atoms with Crippen LogP contribution in [0.5, 0.6) is 5.88 Å². The first-order valence-electron chi connectivity index (χ1n) is 15.0. The SMILES string of the molecule is CCC1NC(C(=O)O)CC12CCN(c1cc(O[C@H](c3ccc(Cl)cc3-c3cccc(C4CC4)c3)C(F)(F)F)nc(N)n1)CC2. The van der Waals surface area contributed by atoms with Gasteiger partial charge in [0.15, 0.2) is 0 Å². The summed E-state index contributed by atoms with van der Waals surface area (Å²) in [6, 6.07) is 12.7. The molecule has 2 aromatic carbocycles. The Labute approximate surface area is 258 Å². The summed E-state index contributed by atoms with van der Waals surface area (Å²) in [6.45, 7) is 3.13. The van der Waals surface area contributed by atoms with E-state index < -0.39 is 24.3 Å². The lowest BCUT2D eigenvalue weighted by atomic mass is 9.71. The highest BCUT2D eigenvalue weighted by atomic mass is 35.5. The van der Waals surface area contributed by atoms with Gasteiger partial charge < -0.3 is 25.8 Å². The van der Waals surface area contributed by atoms with Gasteiger partial charge in [0.05, 0.1) is 0 Å². The minimum atomic E-state index is -4.78. The fraction of sp³-hybridized carbons (Fsp3) is 0.469. The first kappa shape index (κ1) is 30.5. The Morgan fingerprint density at radius 3 is 2.59 bits per heavy atom. The van der Waals surface area contributed by atoms with Gasteiger partial charge >= 0.3 is 12.1 Å². The number of alkyl halides is 3. The molecule has 4 N–H and O–H groups in total. The number of nitrogens with zero attached hydrogens (tertiary/aromatic N) is 3. The number of halogens is 4. The summed E-state index contributed by atoms with van der Waals surface area (Å²) in [5, 5.41) is 13.1. The highest BCUT2D eigenvalue weighted by Gasteiger charge is 2.50. The van der Waals surface area contributed by atoms with Crippen LogP contribution in [0.4, 0.5) is 24.9 Å². The van der Waals surface area contributed by atoms with E-state index in [1.807, 2.05) is 30.0 Å². The van der Waals surface area contributed by atoms with Gasteiger partial charge in [-0.05, 0) is 78.7 Å². The monoisotopic (exact) mass is 629 g/mol. The zero-order chi connectivity index (χ0) is 31.2. The van der Waals surface area contributed by atoms with Crippen molar-refractivity contribution in [1.29, 1.82) is 0 Å². The van der Waals surface area contributed by atoms with E-state index in [9.17, 15) is 23.1 Å². The summed E-state index contributed by atoms with van der Waals surface area (Å²) in [4.78, 5) is 21.9. The number of aliphatic carboxylic acids is 1. The lowest BCUT2D eigenvalue weighted by Crippen LogP contribution is -2.46. The summed E-state index contributed by atoms with van der Waals surface area (Å²) >= 11 is 6.28. The zero-order valence-corrected chi connectivity index (χ0v) is 25.0. The van der Waals surface area contributed by atoms with Crippen LogP contribution in [0.15, 0.2) is 48.5 Å². The number of carboxylic acid groups (broad SMARTS) is 1. The first-order chi connectivity index (χ1) is 21.0. The molecule has 12 heteroatoms. The summed E-state index contributed by atoms with van der Waals surface area (Å²) < 4.78 is 49.7. The smallest absolute Gasteiger partial charge is 0.429 e. The molecule has 3 aromatic rings. The van der Waals surface area contributed by atoms with Gasteiger partial charge in [-0.15, -0.1) is 0 Å². The number of carbonyl (C=O) groups is 1. The number of hydrogen-bond acceptors (Lipinski definition) is 7. The van der Waals surface area contributed by atoms with Crippen LogP contribution >= 0.6 is 11.6 Å². The zero-order valence-electron chi connectivity index (χ0n) is 24.3. The maximum atomic E-state index is 14.7. The van der Waals surface area contributed by atoms with Gasteiger partial charge in [0.2, 0.25) is 17.9 Å². The van der Waals surface area contributed by atoms with Gasteiger partial charge in [0, 0.05) is 35.8 Å². The number of rotatable bonds is 8.